The number of hydrogen-bond acceptors (Lipinski definition) is 2. The van der Waals surface area contributed by atoms with Crippen LogP contribution in [0.1, 0.15) is 52.0 Å². The third-order valence-electron chi connectivity index (χ3n) is 5.86. The Balaban J connectivity index is 1.75. The zero-order chi connectivity index (χ0) is 20.5. The maximum atomic E-state index is 13.5. The highest BCUT2D eigenvalue weighted by atomic mass is 16.2. The highest BCUT2D eigenvalue weighted by molar-refractivity contribution is 6.07. The monoisotopic (exact) mass is 384 g/mol. The van der Waals surface area contributed by atoms with E-state index in [-0.39, 0.29) is 18.0 Å². The third kappa shape index (κ3) is 3.65. The molecular formula is C26H28N2O. The first-order valence-electron chi connectivity index (χ1n) is 10.3. The number of nitrogens with one attached hydrogen (secondary N) is 1. The van der Waals surface area contributed by atoms with Crippen LogP contribution in [0.25, 0.3) is 0 Å². The zero-order valence-corrected chi connectivity index (χ0v) is 17.6. The number of carbonyl (C=O) groups excluding carboxylic acids is 1. The lowest BCUT2D eigenvalue weighted by molar-refractivity contribution is 0.0974. The highest BCUT2D eigenvalue weighted by Crippen LogP contribution is 2.41. The molecule has 0 aliphatic carbocycles. The van der Waals surface area contributed by atoms with Crippen molar-refractivity contribution in [1.29, 1.82) is 0 Å². The van der Waals surface area contributed by atoms with Gasteiger partial charge in [-0.25, -0.2) is 0 Å². The molecule has 1 heterocycles. The van der Waals surface area contributed by atoms with E-state index in [0.29, 0.717) is 0 Å². The lowest BCUT2D eigenvalue weighted by Crippen LogP contribution is -2.44. The summed E-state index contributed by atoms with van der Waals surface area (Å²) in [6.07, 6.45) is 0.863. The summed E-state index contributed by atoms with van der Waals surface area (Å²) in [7, 11) is 0. The number of aryl methyl sites for hydroxylation is 3. The van der Waals surface area contributed by atoms with Gasteiger partial charge in [0.25, 0.3) is 5.91 Å². The van der Waals surface area contributed by atoms with Gasteiger partial charge in [0.1, 0.15) is 0 Å². The Hall–Kier alpha value is -3.07. The summed E-state index contributed by atoms with van der Waals surface area (Å²) in [5, 5.41) is 3.73. The Kier molecular flexibility index (Phi) is 5.14. The Morgan fingerprint density at radius 2 is 1.66 bits per heavy atom. The number of anilines is 2. The van der Waals surface area contributed by atoms with Crippen LogP contribution in [0.15, 0.2) is 66.7 Å². The average molecular weight is 385 g/mol. The SMILES string of the molecule is Cc1cccc(C(=O)N2c3c(C)cccc3[C@@H](Nc3ccccc3C)C[C@@H]2C)c1. The first-order valence-corrected chi connectivity index (χ1v) is 10.3. The molecule has 2 atom stereocenters. The third-order valence-corrected chi connectivity index (χ3v) is 5.86. The van der Waals surface area contributed by atoms with Crippen molar-refractivity contribution in [3.05, 3.63) is 94.5 Å². The van der Waals surface area contributed by atoms with Crippen LogP contribution < -0.4 is 10.2 Å². The van der Waals surface area contributed by atoms with Gasteiger partial charge >= 0.3 is 0 Å². The molecule has 1 N–H and O–H groups in total. The van der Waals surface area contributed by atoms with Gasteiger partial charge in [0.2, 0.25) is 0 Å². The topological polar surface area (TPSA) is 32.3 Å². The van der Waals surface area contributed by atoms with Crippen molar-refractivity contribution in [2.75, 3.05) is 10.2 Å². The van der Waals surface area contributed by atoms with Gasteiger partial charge in [-0.2, -0.15) is 0 Å². The van der Waals surface area contributed by atoms with Crippen LogP contribution >= 0.6 is 0 Å². The molecule has 0 saturated carbocycles. The molecule has 0 bridgehead atoms. The fraction of sp³-hybridized carbons (Fsp3) is 0.269. The van der Waals surface area contributed by atoms with Gasteiger partial charge in [-0.15, -0.1) is 0 Å². The predicted octanol–water partition coefficient (Wildman–Crippen LogP) is 6.20. The number of nitrogens with zero attached hydrogens (tertiary/aromatic N) is 1. The Labute approximate surface area is 173 Å². The van der Waals surface area contributed by atoms with Crippen molar-refractivity contribution in [2.24, 2.45) is 0 Å². The molecule has 0 spiro atoms. The molecular weight excluding hydrogens is 356 g/mol. The van der Waals surface area contributed by atoms with Gasteiger partial charge in [0.15, 0.2) is 0 Å². The molecule has 0 fully saturated rings. The van der Waals surface area contributed by atoms with Gasteiger partial charge in [-0.1, -0.05) is 54.1 Å². The van der Waals surface area contributed by atoms with E-state index < -0.39 is 0 Å². The van der Waals surface area contributed by atoms with Gasteiger partial charge < -0.3 is 10.2 Å². The quantitative estimate of drug-likeness (QED) is 0.583. The minimum atomic E-state index is 0.0751. The number of hydrogen-bond donors (Lipinski definition) is 1. The van der Waals surface area contributed by atoms with Crippen LogP contribution in [0.5, 0.6) is 0 Å². The van der Waals surface area contributed by atoms with Crippen LogP contribution in [0.3, 0.4) is 0 Å². The number of carbonyl (C=O) groups is 1. The van der Waals surface area contributed by atoms with Crippen LogP contribution in [0.4, 0.5) is 11.4 Å². The van der Waals surface area contributed by atoms with E-state index in [1.807, 2.05) is 36.1 Å². The summed E-state index contributed by atoms with van der Waals surface area (Å²) in [6, 6.07) is 22.8. The zero-order valence-electron chi connectivity index (χ0n) is 17.6. The largest absolute Gasteiger partial charge is 0.378 e. The smallest absolute Gasteiger partial charge is 0.258 e. The molecule has 1 amide bonds. The fourth-order valence-corrected chi connectivity index (χ4v) is 4.36. The molecule has 3 heteroatoms. The van der Waals surface area contributed by atoms with E-state index in [1.165, 1.54) is 11.1 Å². The molecule has 0 aromatic heterocycles. The molecule has 3 aromatic carbocycles. The summed E-state index contributed by atoms with van der Waals surface area (Å²) >= 11 is 0. The molecule has 1 aliphatic heterocycles. The van der Waals surface area contributed by atoms with Crippen LogP contribution in [0.2, 0.25) is 0 Å². The number of amides is 1. The minimum Gasteiger partial charge on any atom is -0.378 e. The van der Waals surface area contributed by atoms with Crippen molar-refractivity contribution in [1.82, 2.24) is 0 Å². The number of rotatable bonds is 3. The van der Waals surface area contributed by atoms with Crippen molar-refractivity contribution in [3.8, 4) is 0 Å². The number of fused-ring (bicyclic) bond motifs is 1. The second kappa shape index (κ2) is 7.75. The maximum absolute atomic E-state index is 13.5. The average Bonchev–Trinajstić information content (AvgIpc) is 2.70. The number of benzene rings is 3. The summed E-state index contributed by atoms with van der Waals surface area (Å²) < 4.78 is 0. The molecule has 0 radical (unpaired) electrons. The van der Waals surface area contributed by atoms with E-state index in [2.05, 4.69) is 68.6 Å². The van der Waals surface area contributed by atoms with E-state index in [9.17, 15) is 4.79 Å². The Morgan fingerprint density at radius 1 is 0.931 bits per heavy atom. The van der Waals surface area contributed by atoms with Crippen molar-refractivity contribution in [2.45, 2.75) is 46.2 Å². The Morgan fingerprint density at radius 3 is 2.41 bits per heavy atom. The highest BCUT2D eigenvalue weighted by Gasteiger charge is 2.35. The molecule has 1 aliphatic rings. The maximum Gasteiger partial charge on any atom is 0.258 e. The summed E-state index contributed by atoms with van der Waals surface area (Å²) in [6.45, 7) is 8.39. The molecule has 0 saturated heterocycles. The van der Waals surface area contributed by atoms with Gasteiger partial charge in [0.05, 0.1) is 11.7 Å². The Bertz CT molecular complexity index is 1060. The van der Waals surface area contributed by atoms with Crippen LogP contribution in [-0.2, 0) is 0 Å². The van der Waals surface area contributed by atoms with Crippen molar-refractivity contribution >= 4 is 17.3 Å². The normalized spacial score (nSPS) is 18.3. The molecule has 148 valence electrons. The van der Waals surface area contributed by atoms with Crippen LogP contribution in [0, 0.1) is 20.8 Å². The fourth-order valence-electron chi connectivity index (χ4n) is 4.36. The standard InChI is InChI=1S/C26H28N2O/c1-17-9-7-12-21(15-17)26(29)28-20(4)16-24(22-13-8-11-19(3)25(22)28)27-23-14-6-5-10-18(23)2/h5-15,20,24,27H,16H2,1-4H3/t20-,24-/m0/s1. The van der Waals surface area contributed by atoms with E-state index in [4.69, 9.17) is 0 Å². The molecule has 3 aromatic rings. The van der Waals surface area contributed by atoms with Gasteiger partial charge in [0, 0.05) is 17.3 Å². The molecule has 29 heavy (non-hydrogen) atoms. The lowest BCUT2D eigenvalue weighted by Gasteiger charge is -2.41. The molecule has 0 unspecified atom stereocenters. The summed E-state index contributed by atoms with van der Waals surface area (Å²) in [5.41, 5.74) is 7.59. The minimum absolute atomic E-state index is 0.0751. The molecule has 4 rings (SSSR count). The lowest BCUT2D eigenvalue weighted by atomic mass is 9.88. The van der Waals surface area contributed by atoms with E-state index in [1.54, 1.807) is 0 Å². The predicted molar refractivity (Wildman–Crippen MR) is 121 cm³/mol. The number of para-hydroxylation sites is 2. The van der Waals surface area contributed by atoms with E-state index in [0.717, 1.165) is 34.5 Å². The second-order valence-electron chi connectivity index (χ2n) is 8.15. The van der Waals surface area contributed by atoms with Crippen molar-refractivity contribution < 1.29 is 4.79 Å². The van der Waals surface area contributed by atoms with E-state index >= 15 is 0 Å². The second-order valence-corrected chi connectivity index (χ2v) is 8.15. The first-order chi connectivity index (χ1) is 14.0. The summed E-state index contributed by atoms with van der Waals surface area (Å²) in [5.74, 6) is 0.0751. The van der Waals surface area contributed by atoms with Crippen molar-refractivity contribution in [3.63, 3.8) is 0 Å². The summed E-state index contributed by atoms with van der Waals surface area (Å²) in [4.78, 5) is 15.5. The van der Waals surface area contributed by atoms with Crippen LogP contribution in [-0.4, -0.2) is 11.9 Å². The molecule has 3 nitrogen and oxygen atoms in total. The van der Waals surface area contributed by atoms with Gasteiger partial charge in [-0.05, 0) is 69.0 Å². The van der Waals surface area contributed by atoms with Gasteiger partial charge in [-0.3, -0.25) is 4.79 Å². The first kappa shape index (κ1) is 19.3.